The van der Waals surface area contributed by atoms with Gasteiger partial charge in [-0.1, -0.05) is 50.1 Å². The number of benzene rings is 1. The van der Waals surface area contributed by atoms with E-state index < -0.39 is 0 Å². The number of carbonyl (C=O) groups is 1. The first-order chi connectivity index (χ1) is 8.33. The van der Waals surface area contributed by atoms with Gasteiger partial charge in [-0.15, -0.1) is 0 Å². The predicted molar refractivity (Wildman–Crippen MR) is 70.7 cm³/mol. The molecule has 0 aliphatic heterocycles. The van der Waals surface area contributed by atoms with Crippen LogP contribution in [0.4, 0.5) is 0 Å². The van der Waals surface area contributed by atoms with Gasteiger partial charge in [-0.25, -0.2) is 0 Å². The predicted octanol–water partition coefficient (Wildman–Crippen LogP) is 2.08. The van der Waals surface area contributed by atoms with Crippen molar-refractivity contribution in [1.82, 2.24) is 10.6 Å². The summed E-state index contributed by atoms with van der Waals surface area (Å²) in [6, 6.07) is 9.94. The molecule has 1 aromatic rings. The molecule has 3 nitrogen and oxygen atoms in total. The monoisotopic (exact) mass is 234 g/mol. The molecule has 0 unspecified atom stereocenters. The second-order valence-electron chi connectivity index (χ2n) is 4.15. The maximum atomic E-state index is 11.5. The molecule has 0 aliphatic rings. The third-order valence-corrected chi connectivity index (χ3v) is 2.58. The van der Waals surface area contributed by atoms with Crippen molar-refractivity contribution < 1.29 is 4.79 Å². The summed E-state index contributed by atoms with van der Waals surface area (Å²) in [5.41, 5.74) is 1.13. The van der Waals surface area contributed by atoms with Crippen molar-refractivity contribution in [2.24, 2.45) is 0 Å². The standard InChI is InChI=1S/C14H22N2O/c1-2-3-7-10-15-12-14(17)16-11-13-8-5-4-6-9-13/h4-6,8-9,15H,2-3,7,10-12H2,1H3,(H,16,17). The molecule has 0 radical (unpaired) electrons. The lowest BCUT2D eigenvalue weighted by molar-refractivity contribution is -0.120. The summed E-state index contributed by atoms with van der Waals surface area (Å²) in [6.07, 6.45) is 3.57. The van der Waals surface area contributed by atoms with Crippen molar-refractivity contribution in [3.05, 3.63) is 35.9 Å². The summed E-state index contributed by atoms with van der Waals surface area (Å²) >= 11 is 0. The lowest BCUT2D eigenvalue weighted by Gasteiger charge is -2.06. The van der Waals surface area contributed by atoms with Crippen LogP contribution in [0, 0.1) is 0 Å². The Labute approximate surface area is 104 Å². The summed E-state index contributed by atoms with van der Waals surface area (Å²) in [7, 11) is 0. The Balaban J connectivity index is 2.05. The first-order valence-corrected chi connectivity index (χ1v) is 6.34. The zero-order chi connectivity index (χ0) is 12.3. The molecule has 0 aliphatic carbocycles. The quantitative estimate of drug-likeness (QED) is 0.676. The first-order valence-electron chi connectivity index (χ1n) is 6.34. The topological polar surface area (TPSA) is 41.1 Å². The van der Waals surface area contributed by atoms with Crippen LogP contribution >= 0.6 is 0 Å². The number of hydrogen-bond donors (Lipinski definition) is 2. The molecule has 17 heavy (non-hydrogen) atoms. The minimum Gasteiger partial charge on any atom is -0.351 e. The molecular weight excluding hydrogens is 212 g/mol. The zero-order valence-corrected chi connectivity index (χ0v) is 10.5. The van der Waals surface area contributed by atoms with Crippen LogP contribution in [0.1, 0.15) is 31.7 Å². The molecular formula is C14H22N2O. The van der Waals surface area contributed by atoms with Gasteiger partial charge in [-0.05, 0) is 18.5 Å². The van der Waals surface area contributed by atoms with Crippen molar-refractivity contribution in [1.29, 1.82) is 0 Å². The van der Waals surface area contributed by atoms with Gasteiger partial charge in [-0.3, -0.25) is 4.79 Å². The highest BCUT2D eigenvalue weighted by Crippen LogP contribution is 1.96. The van der Waals surface area contributed by atoms with Gasteiger partial charge >= 0.3 is 0 Å². The van der Waals surface area contributed by atoms with E-state index in [1.165, 1.54) is 12.8 Å². The van der Waals surface area contributed by atoms with Crippen molar-refractivity contribution >= 4 is 5.91 Å². The Morgan fingerprint density at radius 1 is 1.18 bits per heavy atom. The van der Waals surface area contributed by atoms with E-state index in [9.17, 15) is 4.79 Å². The van der Waals surface area contributed by atoms with Gasteiger partial charge in [0.1, 0.15) is 0 Å². The lowest BCUT2D eigenvalue weighted by Crippen LogP contribution is -2.33. The number of unbranched alkanes of at least 4 members (excludes halogenated alkanes) is 2. The van der Waals surface area contributed by atoms with E-state index in [1.54, 1.807) is 0 Å². The summed E-state index contributed by atoms with van der Waals surface area (Å²) in [6.45, 7) is 4.12. The SMILES string of the molecule is CCCCCNCC(=O)NCc1ccccc1. The number of rotatable bonds is 8. The van der Waals surface area contributed by atoms with Crippen LogP contribution in [0.2, 0.25) is 0 Å². The second-order valence-corrected chi connectivity index (χ2v) is 4.15. The van der Waals surface area contributed by atoms with Gasteiger partial charge in [0.15, 0.2) is 0 Å². The van der Waals surface area contributed by atoms with Crippen LogP contribution in [0.15, 0.2) is 30.3 Å². The van der Waals surface area contributed by atoms with Gasteiger partial charge in [-0.2, -0.15) is 0 Å². The molecule has 3 heteroatoms. The highest BCUT2D eigenvalue weighted by Gasteiger charge is 1.99. The number of nitrogens with one attached hydrogen (secondary N) is 2. The third kappa shape index (κ3) is 6.74. The fourth-order valence-corrected chi connectivity index (χ4v) is 1.56. The van der Waals surface area contributed by atoms with E-state index in [2.05, 4.69) is 17.6 Å². The minimum atomic E-state index is 0.0605. The summed E-state index contributed by atoms with van der Waals surface area (Å²) in [4.78, 5) is 11.5. The molecule has 0 spiro atoms. The van der Waals surface area contributed by atoms with Crippen molar-refractivity contribution in [2.75, 3.05) is 13.1 Å². The van der Waals surface area contributed by atoms with Crippen LogP contribution in [0.25, 0.3) is 0 Å². The molecule has 1 rings (SSSR count). The molecule has 1 aromatic carbocycles. The molecule has 0 bridgehead atoms. The van der Waals surface area contributed by atoms with Gasteiger partial charge in [0.05, 0.1) is 6.54 Å². The smallest absolute Gasteiger partial charge is 0.234 e. The van der Waals surface area contributed by atoms with Crippen LogP contribution < -0.4 is 10.6 Å². The molecule has 0 saturated carbocycles. The molecule has 0 heterocycles. The second kappa shape index (κ2) is 8.76. The average molecular weight is 234 g/mol. The molecule has 2 N–H and O–H groups in total. The summed E-state index contributed by atoms with van der Waals surface area (Å²) in [5, 5.41) is 6.03. The van der Waals surface area contributed by atoms with E-state index in [-0.39, 0.29) is 5.91 Å². The normalized spacial score (nSPS) is 10.2. The van der Waals surface area contributed by atoms with Crippen molar-refractivity contribution in [2.45, 2.75) is 32.7 Å². The van der Waals surface area contributed by atoms with Crippen LogP contribution in [-0.4, -0.2) is 19.0 Å². The van der Waals surface area contributed by atoms with E-state index in [0.29, 0.717) is 13.1 Å². The van der Waals surface area contributed by atoms with E-state index in [0.717, 1.165) is 18.5 Å². The minimum absolute atomic E-state index is 0.0605. The number of carbonyl (C=O) groups excluding carboxylic acids is 1. The highest BCUT2D eigenvalue weighted by molar-refractivity contribution is 5.77. The molecule has 0 aromatic heterocycles. The lowest BCUT2D eigenvalue weighted by atomic mass is 10.2. The third-order valence-electron chi connectivity index (χ3n) is 2.58. The van der Waals surface area contributed by atoms with Crippen LogP contribution in [-0.2, 0) is 11.3 Å². The van der Waals surface area contributed by atoms with Crippen LogP contribution in [0.3, 0.4) is 0 Å². The van der Waals surface area contributed by atoms with E-state index >= 15 is 0 Å². The summed E-state index contributed by atoms with van der Waals surface area (Å²) < 4.78 is 0. The fraction of sp³-hybridized carbons (Fsp3) is 0.500. The van der Waals surface area contributed by atoms with Crippen LogP contribution in [0.5, 0.6) is 0 Å². The summed E-state index contributed by atoms with van der Waals surface area (Å²) in [5.74, 6) is 0.0605. The Morgan fingerprint density at radius 2 is 1.94 bits per heavy atom. The zero-order valence-electron chi connectivity index (χ0n) is 10.5. The molecule has 94 valence electrons. The van der Waals surface area contributed by atoms with Gasteiger partial charge < -0.3 is 10.6 Å². The maximum absolute atomic E-state index is 11.5. The average Bonchev–Trinajstić information content (AvgIpc) is 2.37. The molecule has 0 saturated heterocycles. The largest absolute Gasteiger partial charge is 0.351 e. The van der Waals surface area contributed by atoms with Gasteiger partial charge in [0, 0.05) is 6.54 Å². The number of amides is 1. The fourth-order valence-electron chi connectivity index (χ4n) is 1.56. The Kier molecular flexibility index (Phi) is 7.07. The maximum Gasteiger partial charge on any atom is 0.234 e. The van der Waals surface area contributed by atoms with E-state index in [1.807, 2.05) is 30.3 Å². The first kappa shape index (κ1) is 13.7. The number of hydrogen-bond acceptors (Lipinski definition) is 2. The Morgan fingerprint density at radius 3 is 2.65 bits per heavy atom. The van der Waals surface area contributed by atoms with Crippen molar-refractivity contribution in [3.63, 3.8) is 0 Å². The Hall–Kier alpha value is -1.35. The van der Waals surface area contributed by atoms with Crippen molar-refractivity contribution in [3.8, 4) is 0 Å². The van der Waals surface area contributed by atoms with Gasteiger partial charge in [0.25, 0.3) is 0 Å². The Bertz CT molecular complexity index is 311. The molecule has 0 fully saturated rings. The highest BCUT2D eigenvalue weighted by atomic mass is 16.1. The van der Waals surface area contributed by atoms with E-state index in [4.69, 9.17) is 0 Å². The van der Waals surface area contributed by atoms with Gasteiger partial charge in [0.2, 0.25) is 5.91 Å². The molecule has 0 atom stereocenters. The molecule has 1 amide bonds.